The van der Waals surface area contributed by atoms with Gasteiger partial charge in [0.05, 0.1) is 0 Å². The van der Waals surface area contributed by atoms with Gasteiger partial charge in [-0.3, -0.25) is 0 Å². The quantitative estimate of drug-likeness (QED) is 0.728. The third kappa shape index (κ3) is 5.66. The highest BCUT2D eigenvalue weighted by atomic mass is 32.1. The van der Waals surface area contributed by atoms with Gasteiger partial charge in [-0.15, -0.1) is 11.3 Å². The van der Waals surface area contributed by atoms with Gasteiger partial charge in [0.2, 0.25) is 0 Å². The van der Waals surface area contributed by atoms with Crippen LogP contribution in [0.5, 0.6) is 0 Å². The lowest BCUT2D eigenvalue weighted by Gasteiger charge is -2.27. The molecule has 1 heterocycles. The fourth-order valence-corrected chi connectivity index (χ4v) is 4.19. The van der Waals surface area contributed by atoms with Crippen LogP contribution >= 0.6 is 11.3 Å². The van der Waals surface area contributed by atoms with Gasteiger partial charge in [-0.2, -0.15) is 0 Å². The van der Waals surface area contributed by atoms with E-state index in [0.29, 0.717) is 11.5 Å². The molecule has 1 nitrogen and oxygen atoms in total. The highest BCUT2D eigenvalue weighted by Crippen LogP contribution is 2.34. The summed E-state index contributed by atoms with van der Waals surface area (Å²) >= 11 is 1.96. The van der Waals surface area contributed by atoms with E-state index < -0.39 is 0 Å². The van der Waals surface area contributed by atoms with Gasteiger partial charge in [0.15, 0.2) is 0 Å². The molecule has 19 heavy (non-hydrogen) atoms. The van der Waals surface area contributed by atoms with E-state index in [2.05, 4.69) is 59.8 Å². The predicted octanol–water partition coefficient (Wildman–Crippen LogP) is 5.48. The number of hydrogen-bond acceptors (Lipinski definition) is 2. The van der Waals surface area contributed by atoms with Crippen LogP contribution in [0.4, 0.5) is 0 Å². The van der Waals surface area contributed by atoms with Crippen molar-refractivity contribution in [2.75, 3.05) is 6.54 Å². The molecule has 0 amide bonds. The van der Waals surface area contributed by atoms with Crippen LogP contribution in [0.3, 0.4) is 0 Å². The second-order valence-electron chi connectivity index (χ2n) is 7.12. The Bertz CT molecular complexity index is 386. The van der Waals surface area contributed by atoms with Crippen molar-refractivity contribution in [1.29, 1.82) is 0 Å². The Kier molecular flexibility index (Phi) is 6.07. The van der Waals surface area contributed by atoms with E-state index in [0.717, 1.165) is 12.5 Å². The molecule has 0 aromatic carbocycles. The molecule has 110 valence electrons. The summed E-state index contributed by atoms with van der Waals surface area (Å²) in [6.45, 7) is 17.1. The van der Waals surface area contributed by atoms with E-state index in [-0.39, 0.29) is 0 Å². The van der Waals surface area contributed by atoms with Crippen molar-refractivity contribution in [3.05, 3.63) is 21.4 Å². The Labute approximate surface area is 123 Å². The molecule has 2 atom stereocenters. The Morgan fingerprint density at radius 2 is 1.89 bits per heavy atom. The van der Waals surface area contributed by atoms with E-state index in [1.54, 1.807) is 4.88 Å². The molecule has 0 spiro atoms. The summed E-state index contributed by atoms with van der Waals surface area (Å²) in [4.78, 5) is 2.97. The lowest BCUT2D eigenvalue weighted by molar-refractivity contribution is 0.277. The molecular formula is C17H31NS. The van der Waals surface area contributed by atoms with E-state index >= 15 is 0 Å². The first-order valence-electron chi connectivity index (χ1n) is 7.53. The van der Waals surface area contributed by atoms with Crippen LogP contribution in [0, 0.1) is 25.2 Å². The zero-order chi connectivity index (χ0) is 14.6. The van der Waals surface area contributed by atoms with Gasteiger partial charge in [-0.25, -0.2) is 0 Å². The van der Waals surface area contributed by atoms with E-state index in [4.69, 9.17) is 0 Å². The zero-order valence-corrected chi connectivity index (χ0v) is 14.6. The minimum atomic E-state index is 0.427. The zero-order valence-electron chi connectivity index (χ0n) is 13.8. The van der Waals surface area contributed by atoms with E-state index in [1.165, 1.54) is 23.3 Å². The van der Waals surface area contributed by atoms with Crippen molar-refractivity contribution in [2.45, 2.75) is 67.3 Å². The summed E-state index contributed by atoms with van der Waals surface area (Å²) in [5.74, 6) is 0.755. The first-order valence-corrected chi connectivity index (χ1v) is 8.35. The van der Waals surface area contributed by atoms with Gasteiger partial charge in [-0.1, -0.05) is 34.6 Å². The summed E-state index contributed by atoms with van der Waals surface area (Å²) in [6, 6.07) is 2.85. The molecule has 0 aliphatic heterocycles. The Balaban J connectivity index is 2.76. The van der Waals surface area contributed by atoms with Crippen LogP contribution in [-0.4, -0.2) is 6.54 Å². The van der Waals surface area contributed by atoms with E-state index in [1.807, 2.05) is 11.3 Å². The number of aryl methyl sites for hydroxylation is 2. The fourth-order valence-electron chi connectivity index (χ4n) is 3.07. The maximum Gasteiger partial charge on any atom is 0.0420 e. The van der Waals surface area contributed by atoms with Gasteiger partial charge < -0.3 is 5.32 Å². The lowest BCUT2D eigenvalue weighted by Crippen LogP contribution is -2.24. The van der Waals surface area contributed by atoms with Crippen LogP contribution in [0.25, 0.3) is 0 Å². The maximum absolute atomic E-state index is 3.68. The van der Waals surface area contributed by atoms with Crippen LogP contribution in [0.1, 0.15) is 68.8 Å². The molecule has 0 fully saturated rings. The number of rotatable bonds is 6. The second kappa shape index (κ2) is 6.90. The first kappa shape index (κ1) is 16.7. The van der Waals surface area contributed by atoms with Gasteiger partial charge in [0.1, 0.15) is 0 Å². The molecule has 0 aliphatic rings. The highest BCUT2D eigenvalue weighted by Gasteiger charge is 2.21. The molecule has 1 N–H and O–H groups in total. The number of nitrogens with one attached hydrogen (secondary N) is 1. The second-order valence-corrected chi connectivity index (χ2v) is 8.41. The summed E-state index contributed by atoms with van der Waals surface area (Å²) in [5.41, 5.74) is 1.88. The van der Waals surface area contributed by atoms with E-state index in [9.17, 15) is 0 Å². The van der Waals surface area contributed by atoms with Crippen molar-refractivity contribution in [1.82, 2.24) is 5.32 Å². The molecule has 0 bridgehead atoms. The molecule has 1 rings (SSSR count). The van der Waals surface area contributed by atoms with Crippen molar-refractivity contribution in [3.63, 3.8) is 0 Å². The van der Waals surface area contributed by atoms with Gasteiger partial charge in [0, 0.05) is 15.8 Å². The normalized spacial score (nSPS) is 15.5. The monoisotopic (exact) mass is 281 g/mol. The molecule has 0 saturated carbocycles. The van der Waals surface area contributed by atoms with Crippen LogP contribution in [-0.2, 0) is 0 Å². The molecular weight excluding hydrogens is 250 g/mol. The van der Waals surface area contributed by atoms with Crippen LogP contribution in [0.2, 0.25) is 0 Å². The smallest absolute Gasteiger partial charge is 0.0420 e. The molecule has 0 radical (unpaired) electrons. The summed E-state index contributed by atoms with van der Waals surface area (Å²) in [6.07, 6.45) is 2.53. The minimum Gasteiger partial charge on any atom is -0.310 e. The number of hydrogen-bond donors (Lipinski definition) is 1. The van der Waals surface area contributed by atoms with Gasteiger partial charge >= 0.3 is 0 Å². The highest BCUT2D eigenvalue weighted by molar-refractivity contribution is 7.12. The molecule has 2 unspecified atom stereocenters. The summed E-state index contributed by atoms with van der Waals surface area (Å²) < 4.78 is 0. The number of thiophene rings is 1. The van der Waals surface area contributed by atoms with Crippen LogP contribution in [0.15, 0.2) is 6.07 Å². The van der Waals surface area contributed by atoms with Crippen molar-refractivity contribution in [3.8, 4) is 0 Å². The fraction of sp³-hybridized carbons (Fsp3) is 0.765. The third-order valence-corrected chi connectivity index (χ3v) is 4.71. The Morgan fingerprint density at radius 3 is 2.32 bits per heavy atom. The Morgan fingerprint density at radius 1 is 1.26 bits per heavy atom. The first-order chi connectivity index (χ1) is 8.73. The lowest BCUT2D eigenvalue weighted by atomic mass is 9.82. The van der Waals surface area contributed by atoms with Crippen LogP contribution < -0.4 is 5.32 Å². The average molecular weight is 282 g/mol. The van der Waals surface area contributed by atoms with Crippen molar-refractivity contribution < 1.29 is 0 Å². The molecule has 0 aliphatic carbocycles. The van der Waals surface area contributed by atoms with Crippen molar-refractivity contribution >= 4 is 11.3 Å². The SMILES string of the molecule is CCNC(CC(C)CC(C)(C)C)c1sc(C)cc1C. The maximum atomic E-state index is 3.68. The minimum absolute atomic E-state index is 0.427. The molecule has 0 saturated heterocycles. The standard InChI is InChI=1S/C17H31NS/c1-8-18-15(9-12(2)11-17(5,6)7)16-13(3)10-14(4)19-16/h10,12,15,18H,8-9,11H2,1-7H3. The molecule has 2 heteroatoms. The summed E-state index contributed by atoms with van der Waals surface area (Å²) in [7, 11) is 0. The average Bonchev–Trinajstić information content (AvgIpc) is 2.54. The summed E-state index contributed by atoms with van der Waals surface area (Å²) in [5, 5.41) is 3.68. The molecule has 1 aromatic rings. The van der Waals surface area contributed by atoms with Gasteiger partial charge in [-0.05, 0) is 56.2 Å². The van der Waals surface area contributed by atoms with Gasteiger partial charge in [0.25, 0.3) is 0 Å². The van der Waals surface area contributed by atoms with Crippen molar-refractivity contribution in [2.24, 2.45) is 11.3 Å². The largest absolute Gasteiger partial charge is 0.310 e. The molecule has 1 aromatic heterocycles. The Hall–Kier alpha value is -0.340. The predicted molar refractivity (Wildman–Crippen MR) is 88.1 cm³/mol. The third-order valence-electron chi connectivity index (χ3n) is 3.45. The topological polar surface area (TPSA) is 12.0 Å².